The first kappa shape index (κ1) is 20.3. The fourth-order valence-electron chi connectivity index (χ4n) is 4.05. The highest BCUT2D eigenvalue weighted by molar-refractivity contribution is 7.89. The first-order valence-electron chi connectivity index (χ1n) is 10.1. The number of pyridine rings is 1. The summed E-state index contributed by atoms with van der Waals surface area (Å²) < 4.78 is 47.5. The van der Waals surface area contributed by atoms with Gasteiger partial charge in [0.25, 0.3) is 0 Å². The molecule has 156 valence electrons. The maximum Gasteiger partial charge on any atom is 0.246 e. The first-order valence-corrected chi connectivity index (χ1v) is 11.5. The van der Waals surface area contributed by atoms with Gasteiger partial charge in [-0.15, -0.1) is 0 Å². The third-order valence-electron chi connectivity index (χ3n) is 5.49. The Morgan fingerprint density at radius 1 is 1.07 bits per heavy atom. The van der Waals surface area contributed by atoms with Gasteiger partial charge in [0.1, 0.15) is 22.6 Å². The predicted octanol–water partition coefficient (Wildman–Crippen LogP) is 3.36. The van der Waals surface area contributed by atoms with E-state index < -0.39 is 10.0 Å². The fraction of sp³-hybridized carbons (Fsp3) is 0.476. The molecule has 1 aromatic carbocycles. The highest BCUT2D eigenvalue weighted by Crippen LogP contribution is 2.33. The number of hydrogen-bond donors (Lipinski definition) is 0. The summed E-state index contributed by atoms with van der Waals surface area (Å²) in [6.07, 6.45) is 4.05. The van der Waals surface area contributed by atoms with Crippen LogP contribution in [0.2, 0.25) is 0 Å². The number of aromatic nitrogens is 1. The lowest BCUT2D eigenvalue weighted by Crippen LogP contribution is -2.44. The van der Waals surface area contributed by atoms with Crippen molar-refractivity contribution < 1.29 is 17.5 Å². The molecule has 2 aliphatic rings. The number of rotatable bonds is 4. The van der Waals surface area contributed by atoms with E-state index in [0.29, 0.717) is 32.0 Å². The lowest BCUT2D eigenvalue weighted by atomic mass is 10.1. The Kier molecular flexibility index (Phi) is 5.85. The Morgan fingerprint density at radius 2 is 1.79 bits per heavy atom. The van der Waals surface area contributed by atoms with Crippen LogP contribution >= 0.6 is 0 Å². The quantitative estimate of drug-likeness (QED) is 0.761. The van der Waals surface area contributed by atoms with E-state index in [1.807, 2.05) is 11.8 Å². The van der Waals surface area contributed by atoms with Gasteiger partial charge in [0, 0.05) is 32.4 Å². The Bertz CT molecular complexity index is 946. The van der Waals surface area contributed by atoms with Gasteiger partial charge in [0.15, 0.2) is 0 Å². The zero-order chi connectivity index (χ0) is 20.4. The molecule has 2 aliphatic heterocycles. The highest BCUT2D eigenvalue weighted by atomic mass is 32.2. The van der Waals surface area contributed by atoms with Gasteiger partial charge in [-0.25, -0.2) is 17.8 Å². The monoisotopic (exact) mass is 419 g/mol. The number of ether oxygens (including phenoxy) is 1. The maximum absolute atomic E-state index is 13.3. The van der Waals surface area contributed by atoms with E-state index in [9.17, 15) is 12.8 Å². The van der Waals surface area contributed by atoms with Crippen LogP contribution in [0.4, 0.5) is 10.2 Å². The van der Waals surface area contributed by atoms with Crippen LogP contribution in [0.3, 0.4) is 0 Å². The SMILES string of the molecule is CC1CN(c2ncccc2S(=O)(=O)N2CCCCC2)CC(c2ccc(F)cc2)O1. The van der Waals surface area contributed by atoms with Crippen molar-refractivity contribution in [2.75, 3.05) is 31.1 Å². The lowest BCUT2D eigenvalue weighted by molar-refractivity contribution is -0.0178. The van der Waals surface area contributed by atoms with Gasteiger partial charge in [-0.3, -0.25) is 0 Å². The van der Waals surface area contributed by atoms with Crippen LogP contribution in [0.1, 0.15) is 37.9 Å². The molecule has 0 radical (unpaired) electrons. The van der Waals surface area contributed by atoms with Gasteiger partial charge in [0.05, 0.1) is 6.10 Å². The minimum atomic E-state index is -3.61. The second-order valence-corrected chi connectivity index (χ2v) is 9.59. The summed E-state index contributed by atoms with van der Waals surface area (Å²) in [6, 6.07) is 9.55. The number of piperidine rings is 1. The molecule has 8 heteroatoms. The maximum atomic E-state index is 13.3. The smallest absolute Gasteiger partial charge is 0.246 e. The summed E-state index contributed by atoms with van der Waals surface area (Å²) in [5.74, 6) is 0.162. The molecule has 0 aliphatic carbocycles. The molecule has 0 spiro atoms. The second-order valence-electron chi connectivity index (χ2n) is 7.68. The van der Waals surface area contributed by atoms with Crippen molar-refractivity contribution in [1.29, 1.82) is 0 Å². The number of halogens is 1. The minimum Gasteiger partial charge on any atom is -0.367 e. The molecule has 0 N–H and O–H groups in total. The van der Waals surface area contributed by atoms with Crippen molar-refractivity contribution in [2.45, 2.75) is 43.3 Å². The van der Waals surface area contributed by atoms with Gasteiger partial charge in [-0.05, 0) is 49.6 Å². The zero-order valence-electron chi connectivity index (χ0n) is 16.5. The summed E-state index contributed by atoms with van der Waals surface area (Å²) in [5.41, 5.74) is 0.860. The molecule has 0 amide bonds. The van der Waals surface area contributed by atoms with E-state index in [1.54, 1.807) is 34.8 Å². The molecule has 1 aromatic heterocycles. The van der Waals surface area contributed by atoms with Crippen molar-refractivity contribution in [3.05, 3.63) is 54.0 Å². The summed E-state index contributed by atoms with van der Waals surface area (Å²) in [7, 11) is -3.61. The van der Waals surface area contributed by atoms with Crippen molar-refractivity contribution in [2.24, 2.45) is 0 Å². The first-order chi connectivity index (χ1) is 13.9. The molecule has 4 rings (SSSR count). The molecule has 2 unspecified atom stereocenters. The number of hydrogen-bond acceptors (Lipinski definition) is 5. The van der Waals surface area contributed by atoms with E-state index in [2.05, 4.69) is 4.98 Å². The van der Waals surface area contributed by atoms with E-state index in [1.165, 1.54) is 12.1 Å². The number of morpholine rings is 1. The Hall–Kier alpha value is -2.03. The van der Waals surface area contributed by atoms with E-state index in [-0.39, 0.29) is 22.9 Å². The molecule has 6 nitrogen and oxygen atoms in total. The molecular formula is C21H26FN3O3S. The van der Waals surface area contributed by atoms with Crippen LogP contribution in [0.15, 0.2) is 47.5 Å². The largest absolute Gasteiger partial charge is 0.367 e. The number of sulfonamides is 1. The highest BCUT2D eigenvalue weighted by Gasteiger charge is 2.34. The zero-order valence-corrected chi connectivity index (χ0v) is 17.3. The summed E-state index contributed by atoms with van der Waals surface area (Å²) in [6.45, 7) is 4.04. The van der Waals surface area contributed by atoms with Crippen LogP contribution in [-0.4, -0.2) is 50.0 Å². The average Bonchev–Trinajstić information content (AvgIpc) is 2.74. The van der Waals surface area contributed by atoms with Crippen LogP contribution in [0, 0.1) is 5.82 Å². The van der Waals surface area contributed by atoms with Crippen LogP contribution in [-0.2, 0) is 14.8 Å². The fourth-order valence-corrected chi connectivity index (χ4v) is 5.73. The van der Waals surface area contributed by atoms with Crippen molar-refractivity contribution >= 4 is 15.8 Å². The van der Waals surface area contributed by atoms with Gasteiger partial charge < -0.3 is 9.64 Å². The topological polar surface area (TPSA) is 62.7 Å². The van der Waals surface area contributed by atoms with E-state index in [4.69, 9.17) is 4.74 Å². The number of benzene rings is 1. The van der Waals surface area contributed by atoms with Crippen molar-refractivity contribution in [3.63, 3.8) is 0 Å². The molecule has 2 saturated heterocycles. The van der Waals surface area contributed by atoms with Crippen molar-refractivity contribution in [3.8, 4) is 0 Å². The minimum absolute atomic E-state index is 0.119. The van der Waals surface area contributed by atoms with Gasteiger partial charge in [-0.2, -0.15) is 4.31 Å². The molecule has 29 heavy (non-hydrogen) atoms. The Labute approximate surface area is 171 Å². The predicted molar refractivity (Wildman–Crippen MR) is 109 cm³/mol. The summed E-state index contributed by atoms with van der Waals surface area (Å²) >= 11 is 0. The normalized spacial score (nSPS) is 23.9. The van der Waals surface area contributed by atoms with Crippen LogP contribution < -0.4 is 4.90 Å². The molecule has 2 aromatic rings. The third kappa shape index (κ3) is 4.29. The Morgan fingerprint density at radius 3 is 2.52 bits per heavy atom. The number of anilines is 1. The van der Waals surface area contributed by atoms with Gasteiger partial charge in [0.2, 0.25) is 10.0 Å². The van der Waals surface area contributed by atoms with Gasteiger partial charge >= 0.3 is 0 Å². The summed E-state index contributed by atoms with van der Waals surface area (Å²) in [4.78, 5) is 6.66. The standard InChI is InChI=1S/C21H26FN3O3S/c1-16-14-24(15-19(28-16)17-7-9-18(22)10-8-17)21-20(6-5-11-23-21)29(26,27)25-12-3-2-4-13-25/h5-11,16,19H,2-4,12-15H2,1H3. The van der Waals surface area contributed by atoms with E-state index >= 15 is 0 Å². The van der Waals surface area contributed by atoms with E-state index in [0.717, 1.165) is 24.8 Å². The molecule has 2 fully saturated rings. The molecule has 0 saturated carbocycles. The molecule has 0 bridgehead atoms. The van der Waals surface area contributed by atoms with Crippen molar-refractivity contribution in [1.82, 2.24) is 9.29 Å². The third-order valence-corrected chi connectivity index (χ3v) is 7.40. The Balaban J connectivity index is 1.65. The average molecular weight is 420 g/mol. The second kappa shape index (κ2) is 8.38. The number of nitrogens with zero attached hydrogens (tertiary/aromatic N) is 3. The molecule has 3 heterocycles. The summed E-state index contributed by atoms with van der Waals surface area (Å²) in [5, 5.41) is 0. The molecule has 2 atom stereocenters. The van der Waals surface area contributed by atoms with Crippen LogP contribution in [0.25, 0.3) is 0 Å². The lowest BCUT2D eigenvalue weighted by Gasteiger charge is -2.38. The molecular weight excluding hydrogens is 393 g/mol. The van der Waals surface area contributed by atoms with Gasteiger partial charge in [-0.1, -0.05) is 18.6 Å². The van der Waals surface area contributed by atoms with Crippen LogP contribution in [0.5, 0.6) is 0 Å².